The van der Waals surface area contributed by atoms with Crippen LogP contribution in [0.1, 0.15) is 6.42 Å². The van der Waals surface area contributed by atoms with Crippen molar-refractivity contribution < 1.29 is 46.6 Å². The van der Waals surface area contributed by atoms with Gasteiger partial charge in [-0.3, -0.25) is 8.76 Å². The summed E-state index contributed by atoms with van der Waals surface area (Å²) in [4.78, 5) is 0. The van der Waals surface area contributed by atoms with Crippen LogP contribution in [-0.4, -0.2) is 91.1 Å². The van der Waals surface area contributed by atoms with Crippen molar-refractivity contribution in [3.8, 4) is 0 Å². The molecule has 142 valence electrons. The van der Waals surface area contributed by atoms with Crippen LogP contribution in [0, 0.1) is 0 Å². The zero-order valence-corrected chi connectivity index (χ0v) is 14.9. The molecule has 24 heavy (non-hydrogen) atoms. The molecular weight excluding hydrogens is 390 g/mol. The number of nitrogens with zero attached hydrogens (tertiary/aromatic N) is 1. The summed E-state index contributed by atoms with van der Waals surface area (Å²) in [5.74, 6) is 0.0814. The molecule has 1 fully saturated rings. The summed E-state index contributed by atoms with van der Waals surface area (Å²) in [6.45, 7) is -0.630. The summed E-state index contributed by atoms with van der Waals surface area (Å²) < 4.78 is 50.0. The first-order valence-corrected chi connectivity index (χ1v) is 10.5. The maximum atomic E-state index is 11.2. The van der Waals surface area contributed by atoms with Crippen LogP contribution in [0.15, 0.2) is 5.16 Å². The molecule has 1 aliphatic rings. The quantitative estimate of drug-likeness (QED) is 0.129. The second kappa shape index (κ2) is 9.40. The third kappa shape index (κ3) is 6.89. The third-order valence-electron chi connectivity index (χ3n) is 2.94. The number of aliphatic hydroxyl groups is 4. The first kappa shape index (κ1) is 21.7. The van der Waals surface area contributed by atoms with Crippen molar-refractivity contribution in [1.29, 1.82) is 0 Å². The maximum absolute atomic E-state index is 11.2. The van der Waals surface area contributed by atoms with Gasteiger partial charge in [-0.25, -0.2) is 4.28 Å². The fourth-order valence-electron chi connectivity index (χ4n) is 1.74. The molecule has 6 unspecified atom stereocenters. The van der Waals surface area contributed by atoms with E-state index in [4.69, 9.17) is 14.4 Å². The molecule has 11 nitrogen and oxygen atoms in total. The molecule has 0 aromatic heterocycles. The Morgan fingerprint density at radius 3 is 2.42 bits per heavy atom. The number of hydrogen-bond donors (Lipinski definition) is 5. The van der Waals surface area contributed by atoms with Crippen molar-refractivity contribution in [2.45, 2.75) is 36.3 Å². The van der Waals surface area contributed by atoms with E-state index >= 15 is 0 Å². The third-order valence-corrected chi connectivity index (χ3v) is 5.15. The number of rotatable bonds is 7. The number of thioether (sulfide) groups is 1. The standard InChI is InChI=1S/C10H19NO10S3/c1-23(16)3-2-6(11-21-24(17,18)19)22-10-9(15)8(14)7(13)5(4-12)20-10/h5,7-10,12-15H,2-4H2,1H3,(H,17,18,19). The monoisotopic (exact) mass is 409 g/mol. The van der Waals surface area contributed by atoms with Gasteiger partial charge in [-0.15, -0.1) is 0 Å². The average molecular weight is 409 g/mol. The molecule has 0 spiro atoms. The van der Waals surface area contributed by atoms with Gasteiger partial charge in [0.15, 0.2) is 0 Å². The Kier molecular flexibility index (Phi) is 8.51. The molecule has 0 radical (unpaired) electrons. The first-order chi connectivity index (χ1) is 11.0. The largest absolute Gasteiger partial charge is 0.466 e. The molecule has 1 heterocycles. The van der Waals surface area contributed by atoms with E-state index in [0.717, 1.165) is 0 Å². The highest BCUT2D eigenvalue weighted by atomic mass is 32.3. The molecule has 14 heteroatoms. The Hall–Kier alpha value is -0.320. The van der Waals surface area contributed by atoms with Gasteiger partial charge in [0, 0.05) is 29.2 Å². The molecule has 0 amide bonds. The van der Waals surface area contributed by atoms with Gasteiger partial charge in [0.25, 0.3) is 0 Å². The smallest absolute Gasteiger partial charge is 0.394 e. The molecule has 5 N–H and O–H groups in total. The molecule has 0 aromatic carbocycles. The van der Waals surface area contributed by atoms with Crippen LogP contribution in [0.2, 0.25) is 0 Å². The minimum atomic E-state index is -4.86. The van der Waals surface area contributed by atoms with Crippen molar-refractivity contribution in [1.82, 2.24) is 0 Å². The predicted molar refractivity (Wildman–Crippen MR) is 85.0 cm³/mol. The summed E-state index contributed by atoms with van der Waals surface area (Å²) in [6.07, 6.45) is -4.50. The van der Waals surface area contributed by atoms with Crippen LogP contribution in [0.25, 0.3) is 0 Å². The van der Waals surface area contributed by atoms with Gasteiger partial charge in [-0.2, -0.15) is 8.42 Å². The average Bonchev–Trinajstić information content (AvgIpc) is 2.49. The van der Waals surface area contributed by atoms with Gasteiger partial charge < -0.3 is 25.2 Å². The minimum absolute atomic E-state index is 0.0294. The van der Waals surface area contributed by atoms with Crippen molar-refractivity contribution in [3.05, 3.63) is 0 Å². The Morgan fingerprint density at radius 2 is 1.92 bits per heavy atom. The molecule has 0 aromatic rings. The second-order valence-electron chi connectivity index (χ2n) is 4.83. The lowest BCUT2D eigenvalue weighted by Gasteiger charge is -2.39. The highest BCUT2D eigenvalue weighted by Crippen LogP contribution is 2.30. The van der Waals surface area contributed by atoms with Crippen LogP contribution in [-0.2, 0) is 30.2 Å². The van der Waals surface area contributed by atoms with Crippen LogP contribution in [0.3, 0.4) is 0 Å². The van der Waals surface area contributed by atoms with Crippen molar-refractivity contribution in [3.63, 3.8) is 0 Å². The van der Waals surface area contributed by atoms with E-state index in [1.807, 2.05) is 0 Å². The predicted octanol–water partition coefficient (Wildman–Crippen LogP) is -2.58. The Bertz CT molecular complexity index is 565. The van der Waals surface area contributed by atoms with E-state index in [1.54, 1.807) is 0 Å². The zero-order chi connectivity index (χ0) is 18.5. The summed E-state index contributed by atoms with van der Waals surface area (Å²) in [5.41, 5.74) is -1.21. The lowest BCUT2D eigenvalue weighted by Crippen LogP contribution is -2.57. The van der Waals surface area contributed by atoms with E-state index < -0.39 is 57.7 Å². The molecule has 0 saturated carbocycles. The molecule has 0 bridgehead atoms. The normalized spacial score (nSPS) is 33.2. The van der Waals surface area contributed by atoms with Crippen molar-refractivity contribution >= 4 is 38.0 Å². The minimum Gasteiger partial charge on any atom is -0.394 e. The number of hydrogen-bond acceptors (Lipinski definition) is 11. The van der Waals surface area contributed by atoms with Crippen molar-refractivity contribution in [2.24, 2.45) is 5.16 Å². The topological polar surface area (TPSA) is 183 Å². The van der Waals surface area contributed by atoms with Crippen LogP contribution in [0.4, 0.5) is 0 Å². The Labute approximate surface area is 145 Å². The van der Waals surface area contributed by atoms with Gasteiger partial charge in [-0.05, 0) is 0 Å². The van der Waals surface area contributed by atoms with E-state index in [0.29, 0.717) is 11.8 Å². The van der Waals surface area contributed by atoms with Crippen LogP contribution in [0.5, 0.6) is 0 Å². The first-order valence-electron chi connectivity index (χ1n) is 6.55. The van der Waals surface area contributed by atoms with Gasteiger partial charge in [-0.1, -0.05) is 16.9 Å². The highest BCUT2D eigenvalue weighted by molar-refractivity contribution is 8.14. The highest BCUT2D eigenvalue weighted by Gasteiger charge is 2.44. The molecule has 1 aliphatic heterocycles. The number of ether oxygens (including phenoxy) is 1. The van der Waals surface area contributed by atoms with E-state index in [9.17, 15) is 27.9 Å². The van der Waals surface area contributed by atoms with Crippen LogP contribution < -0.4 is 0 Å². The summed E-state index contributed by atoms with van der Waals surface area (Å²) >= 11 is 0.642. The van der Waals surface area contributed by atoms with Gasteiger partial charge in [0.1, 0.15) is 34.9 Å². The fraction of sp³-hybridized carbons (Fsp3) is 0.900. The van der Waals surface area contributed by atoms with Gasteiger partial charge >= 0.3 is 10.4 Å². The molecule has 1 rings (SSSR count). The Balaban J connectivity index is 2.88. The second-order valence-corrected chi connectivity index (χ2v) is 8.56. The summed E-state index contributed by atoms with van der Waals surface area (Å²) in [5, 5.41) is 41.5. The summed E-state index contributed by atoms with van der Waals surface area (Å²) in [7, 11) is -6.10. The lowest BCUT2D eigenvalue weighted by molar-refractivity contribution is -0.205. The van der Waals surface area contributed by atoms with Gasteiger partial charge in [0.05, 0.1) is 6.61 Å². The molecule has 6 atom stereocenters. The zero-order valence-electron chi connectivity index (χ0n) is 12.5. The maximum Gasteiger partial charge on any atom is 0.466 e. The fourth-order valence-corrected chi connectivity index (χ4v) is 3.65. The Morgan fingerprint density at radius 1 is 1.29 bits per heavy atom. The van der Waals surface area contributed by atoms with Crippen LogP contribution >= 0.6 is 11.8 Å². The number of oxime groups is 1. The van der Waals surface area contributed by atoms with E-state index in [1.165, 1.54) is 6.26 Å². The molecular formula is C10H19NO10S3. The number of aliphatic hydroxyl groups excluding tert-OH is 4. The van der Waals surface area contributed by atoms with E-state index in [2.05, 4.69) is 9.44 Å². The summed E-state index contributed by atoms with van der Waals surface area (Å²) in [6, 6.07) is 0. The van der Waals surface area contributed by atoms with Crippen molar-refractivity contribution in [2.75, 3.05) is 18.6 Å². The lowest BCUT2D eigenvalue weighted by atomic mass is 10.0. The van der Waals surface area contributed by atoms with Gasteiger partial charge in [0.2, 0.25) is 0 Å². The SMILES string of the molecule is CS(=O)CCC(=NOS(=O)(=O)O)SC1OC(CO)C(O)C(O)C1O. The molecule has 1 saturated heterocycles. The molecule has 0 aliphatic carbocycles. The van der Waals surface area contributed by atoms with E-state index in [-0.39, 0.29) is 17.2 Å².